The third-order valence-corrected chi connectivity index (χ3v) is 4.18. The summed E-state index contributed by atoms with van der Waals surface area (Å²) in [6.07, 6.45) is 0.119. The topological polar surface area (TPSA) is 84.9 Å². The van der Waals surface area contributed by atoms with Crippen LogP contribution in [0.1, 0.15) is 6.42 Å². The van der Waals surface area contributed by atoms with E-state index in [-0.39, 0.29) is 36.2 Å². The molecule has 0 spiro atoms. The fraction of sp³-hybridized carbons (Fsp3) is 0.211. The molecular weight excluding hydrogens is 391 g/mol. The number of fused-ring (bicyclic) bond motifs is 1. The van der Waals surface area contributed by atoms with Crippen LogP contribution in [0.3, 0.4) is 0 Å². The second-order valence-corrected chi connectivity index (χ2v) is 6.29. The number of para-hydroxylation sites is 2. The van der Waals surface area contributed by atoms with E-state index in [1.165, 1.54) is 17.0 Å². The predicted molar refractivity (Wildman–Crippen MR) is 99.9 cm³/mol. The van der Waals surface area contributed by atoms with Gasteiger partial charge >= 0.3 is 5.97 Å². The van der Waals surface area contributed by atoms with Crippen LogP contribution in [0.5, 0.6) is 5.75 Å². The molecule has 0 aliphatic carbocycles. The number of nitrogens with zero attached hydrogens (tertiary/aromatic N) is 1. The number of hydrogen-bond acceptors (Lipinski definition) is 5. The molecule has 1 aliphatic heterocycles. The molecule has 0 atom stereocenters. The van der Waals surface area contributed by atoms with Crippen LogP contribution in [-0.4, -0.2) is 37.5 Å². The molecule has 2 aromatic carbocycles. The van der Waals surface area contributed by atoms with Crippen LogP contribution < -0.4 is 15.0 Å². The summed E-state index contributed by atoms with van der Waals surface area (Å²) in [6, 6.07) is 10.5. The molecule has 28 heavy (non-hydrogen) atoms. The number of amides is 2. The van der Waals surface area contributed by atoms with Gasteiger partial charge in [0.25, 0.3) is 5.91 Å². The molecule has 0 unspecified atom stereocenters. The highest BCUT2D eigenvalue weighted by atomic mass is 35.5. The number of benzene rings is 2. The Labute approximate surface area is 165 Å². The van der Waals surface area contributed by atoms with Crippen molar-refractivity contribution < 1.29 is 28.2 Å². The van der Waals surface area contributed by atoms with E-state index in [1.54, 1.807) is 24.3 Å². The molecule has 0 bridgehead atoms. The van der Waals surface area contributed by atoms with Crippen molar-refractivity contribution >= 4 is 40.8 Å². The number of anilines is 2. The number of esters is 1. The van der Waals surface area contributed by atoms with E-state index in [2.05, 4.69) is 5.32 Å². The Morgan fingerprint density at radius 2 is 2.04 bits per heavy atom. The molecule has 7 nitrogen and oxygen atoms in total. The van der Waals surface area contributed by atoms with E-state index >= 15 is 0 Å². The highest BCUT2D eigenvalue weighted by molar-refractivity contribution is 6.31. The molecule has 3 rings (SSSR count). The molecule has 0 radical (unpaired) electrons. The molecular formula is C19H16ClFN2O5. The molecule has 1 aliphatic rings. The van der Waals surface area contributed by atoms with E-state index in [4.69, 9.17) is 21.1 Å². The van der Waals surface area contributed by atoms with Gasteiger partial charge in [-0.1, -0.05) is 23.7 Å². The molecule has 0 saturated carbocycles. The Hall–Kier alpha value is -3.13. The first kappa shape index (κ1) is 19.6. The summed E-state index contributed by atoms with van der Waals surface area (Å²) in [6.45, 7) is -0.701. The van der Waals surface area contributed by atoms with Gasteiger partial charge in [-0.25, -0.2) is 4.39 Å². The lowest BCUT2D eigenvalue weighted by molar-refractivity contribution is -0.146. The van der Waals surface area contributed by atoms with Crippen molar-refractivity contribution in [3.05, 3.63) is 53.3 Å². The lowest BCUT2D eigenvalue weighted by Gasteiger charge is -2.20. The van der Waals surface area contributed by atoms with Crippen LogP contribution in [0.15, 0.2) is 42.5 Å². The fourth-order valence-electron chi connectivity index (χ4n) is 2.58. The van der Waals surface area contributed by atoms with Gasteiger partial charge in [-0.05, 0) is 30.3 Å². The van der Waals surface area contributed by atoms with E-state index in [1.807, 2.05) is 0 Å². The first-order valence-corrected chi connectivity index (χ1v) is 8.74. The Bertz CT molecular complexity index is 921. The van der Waals surface area contributed by atoms with Crippen molar-refractivity contribution in [3.8, 4) is 5.75 Å². The molecule has 0 fully saturated rings. The number of carbonyl (C=O) groups excluding carboxylic acids is 3. The summed E-state index contributed by atoms with van der Waals surface area (Å²) in [7, 11) is 0. The monoisotopic (exact) mass is 406 g/mol. The summed E-state index contributed by atoms with van der Waals surface area (Å²) in [4.78, 5) is 37.6. The van der Waals surface area contributed by atoms with Crippen LogP contribution in [0, 0.1) is 5.82 Å². The molecule has 0 aromatic heterocycles. The second kappa shape index (κ2) is 8.71. The molecule has 0 saturated heterocycles. The van der Waals surface area contributed by atoms with Gasteiger partial charge in [-0.15, -0.1) is 0 Å². The van der Waals surface area contributed by atoms with Gasteiger partial charge in [0.05, 0.1) is 23.7 Å². The number of nitrogens with one attached hydrogen (secondary N) is 1. The largest absolute Gasteiger partial charge is 0.491 e. The fourth-order valence-corrected chi connectivity index (χ4v) is 2.77. The number of ether oxygens (including phenoxy) is 2. The Morgan fingerprint density at radius 1 is 1.25 bits per heavy atom. The molecule has 9 heteroatoms. The van der Waals surface area contributed by atoms with Crippen LogP contribution in [0.2, 0.25) is 5.02 Å². The van der Waals surface area contributed by atoms with E-state index < -0.39 is 24.3 Å². The van der Waals surface area contributed by atoms with Crippen molar-refractivity contribution in [2.75, 3.05) is 30.0 Å². The Morgan fingerprint density at radius 3 is 2.82 bits per heavy atom. The second-order valence-electron chi connectivity index (χ2n) is 5.88. The Kier molecular flexibility index (Phi) is 6.10. The third-order valence-electron chi connectivity index (χ3n) is 3.89. The van der Waals surface area contributed by atoms with Crippen molar-refractivity contribution in [1.29, 1.82) is 0 Å². The zero-order valence-corrected chi connectivity index (χ0v) is 15.4. The number of carbonyl (C=O) groups is 3. The smallest absolute Gasteiger partial charge is 0.326 e. The van der Waals surface area contributed by atoms with Crippen LogP contribution in [0.4, 0.5) is 15.8 Å². The van der Waals surface area contributed by atoms with Crippen molar-refractivity contribution in [2.24, 2.45) is 0 Å². The summed E-state index contributed by atoms with van der Waals surface area (Å²) in [5.74, 6) is -1.78. The first-order valence-electron chi connectivity index (χ1n) is 8.37. The normalized spacial score (nSPS) is 13.2. The zero-order valence-electron chi connectivity index (χ0n) is 14.6. The van der Waals surface area contributed by atoms with Gasteiger partial charge in [0.15, 0.2) is 6.61 Å². The zero-order chi connectivity index (χ0) is 20.1. The number of rotatable bonds is 5. The minimum absolute atomic E-state index is 0.119. The van der Waals surface area contributed by atoms with E-state index in [9.17, 15) is 18.8 Å². The number of halogens is 2. The maximum atomic E-state index is 13.1. The van der Waals surface area contributed by atoms with Crippen molar-refractivity contribution in [2.45, 2.75) is 6.42 Å². The van der Waals surface area contributed by atoms with Crippen LogP contribution in [-0.2, 0) is 19.1 Å². The molecule has 2 amide bonds. The average Bonchev–Trinajstić information content (AvgIpc) is 2.82. The highest BCUT2D eigenvalue weighted by Gasteiger charge is 2.25. The molecule has 146 valence electrons. The summed E-state index contributed by atoms with van der Waals surface area (Å²) >= 11 is 5.64. The van der Waals surface area contributed by atoms with Crippen LogP contribution in [0.25, 0.3) is 0 Å². The molecule has 1 heterocycles. The average molecular weight is 407 g/mol. The van der Waals surface area contributed by atoms with Gasteiger partial charge in [0.1, 0.15) is 18.1 Å². The predicted octanol–water partition coefficient (Wildman–Crippen LogP) is 2.78. The van der Waals surface area contributed by atoms with E-state index in [0.29, 0.717) is 11.4 Å². The number of hydrogen-bond donors (Lipinski definition) is 1. The van der Waals surface area contributed by atoms with Crippen LogP contribution >= 0.6 is 11.6 Å². The SMILES string of the molecule is O=C(COC(=O)CN1C(=O)CCOc2ccccc21)Nc1ccc(F)c(Cl)c1. The lowest BCUT2D eigenvalue weighted by Crippen LogP contribution is -2.36. The van der Waals surface area contributed by atoms with Gasteiger partial charge in [-0.3, -0.25) is 19.3 Å². The minimum atomic E-state index is -0.752. The summed E-state index contributed by atoms with van der Waals surface area (Å²) < 4.78 is 23.6. The first-order chi connectivity index (χ1) is 13.4. The van der Waals surface area contributed by atoms with Gasteiger partial charge in [-0.2, -0.15) is 0 Å². The summed E-state index contributed by atoms with van der Waals surface area (Å²) in [5, 5.41) is 2.29. The summed E-state index contributed by atoms with van der Waals surface area (Å²) in [5.41, 5.74) is 0.730. The maximum absolute atomic E-state index is 13.1. The van der Waals surface area contributed by atoms with Crippen molar-refractivity contribution in [3.63, 3.8) is 0 Å². The third kappa shape index (κ3) is 4.77. The highest BCUT2D eigenvalue weighted by Crippen LogP contribution is 2.30. The lowest BCUT2D eigenvalue weighted by atomic mass is 10.2. The maximum Gasteiger partial charge on any atom is 0.326 e. The molecule has 2 aromatic rings. The van der Waals surface area contributed by atoms with E-state index in [0.717, 1.165) is 6.07 Å². The van der Waals surface area contributed by atoms with Crippen molar-refractivity contribution in [1.82, 2.24) is 0 Å². The standard InChI is InChI=1S/C19H16ClFN2O5/c20-13-9-12(5-6-14(13)21)22-17(24)11-28-19(26)10-23-15-3-1-2-4-16(15)27-8-7-18(23)25/h1-6,9H,7-8,10-11H2,(H,22,24). The quantitative estimate of drug-likeness (QED) is 0.772. The Balaban J connectivity index is 1.57. The van der Waals surface area contributed by atoms with Gasteiger partial charge < -0.3 is 14.8 Å². The van der Waals surface area contributed by atoms with Gasteiger partial charge in [0.2, 0.25) is 5.91 Å². The minimum Gasteiger partial charge on any atom is -0.491 e. The molecule has 1 N–H and O–H groups in total. The van der Waals surface area contributed by atoms with Gasteiger partial charge in [0, 0.05) is 5.69 Å².